The van der Waals surface area contributed by atoms with Crippen LogP contribution < -0.4 is 10.5 Å². The number of amidine groups is 1. The molecule has 8 heteroatoms. The maximum Gasteiger partial charge on any atom is 0.422 e. The number of halogens is 4. The van der Waals surface area contributed by atoms with Crippen molar-refractivity contribution in [1.82, 2.24) is 0 Å². The van der Waals surface area contributed by atoms with Crippen molar-refractivity contribution in [3.05, 3.63) is 28.2 Å². The zero-order valence-electron chi connectivity index (χ0n) is 8.33. The molecule has 0 atom stereocenters. The van der Waals surface area contributed by atoms with Crippen molar-refractivity contribution < 1.29 is 23.1 Å². The molecule has 4 nitrogen and oxygen atoms in total. The van der Waals surface area contributed by atoms with Crippen molar-refractivity contribution in [1.29, 1.82) is 0 Å². The topological polar surface area (TPSA) is 67.8 Å². The Hall–Kier alpha value is -1.44. The fraction of sp³-hybridized carbons (Fsp3) is 0.222. The Morgan fingerprint density at radius 3 is 2.65 bits per heavy atom. The third-order valence-electron chi connectivity index (χ3n) is 1.73. The number of alkyl halides is 3. The third-order valence-corrected chi connectivity index (χ3v) is 2.39. The predicted molar refractivity (Wildman–Crippen MR) is 58.2 cm³/mol. The van der Waals surface area contributed by atoms with E-state index in [1.807, 2.05) is 0 Å². The molecule has 0 aliphatic carbocycles. The first-order valence-electron chi connectivity index (χ1n) is 4.31. The number of nitrogens with two attached hydrogens (primary N) is 1. The van der Waals surface area contributed by atoms with E-state index in [9.17, 15) is 13.2 Å². The van der Waals surface area contributed by atoms with Crippen LogP contribution in [-0.4, -0.2) is 23.8 Å². The maximum absolute atomic E-state index is 12.0. The van der Waals surface area contributed by atoms with Gasteiger partial charge < -0.3 is 15.7 Å². The molecule has 0 amide bonds. The van der Waals surface area contributed by atoms with E-state index in [0.29, 0.717) is 4.47 Å². The number of benzene rings is 1. The van der Waals surface area contributed by atoms with E-state index >= 15 is 0 Å². The molecule has 0 saturated heterocycles. The Balaban J connectivity index is 3.03. The lowest BCUT2D eigenvalue weighted by Gasteiger charge is -2.13. The first-order valence-corrected chi connectivity index (χ1v) is 5.10. The summed E-state index contributed by atoms with van der Waals surface area (Å²) in [6, 6.07) is 4.31. The van der Waals surface area contributed by atoms with E-state index < -0.39 is 12.8 Å². The van der Waals surface area contributed by atoms with E-state index in [2.05, 4.69) is 25.8 Å². The molecular formula is C9H8BrF3N2O2. The SMILES string of the molecule is N/C(=N/O)c1c(Br)cccc1OCC(F)(F)F. The summed E-state index contributed by atoms with van der Waals surface area (Å²) in [5.41, 5.74) is 5.41. The standard InChI is InChI=1S/C9H8BrF3N2O2/c10-5-2-1-3-6(7(5)8(14)15-16)17-4-9(11,12)13/h1-3,16H,4H2,(H2,14,15). The van der Waals surface area contributed by atoms with E-state index in [4.69, 9.17) is 10.9 Å². The van der Waals surface area contributed by atoms with Crippen LogP contribution >= 0.6 is 15.9 Å². The van der Waals surface area contributed by atoms with Crippen LogP contribution in [0.5, 0.6) is 5.75 Å². The Bertz CT molecular complexity index is 435. The van der Waals surface area contributed by atoms with Gasteiger partial charge in [0.25, 0.3) is 0 Å². The zero-order chi connectivity index (χ0) is 13.1. The van der Waals surface area contributed by atoms with E-state index in [-0.39, 0.29) is 17.1 Å². The lowest BCUT2D eigenvalue weighted by Crippen LogP contribution is -2.22. The molecule has 0 heterocycles. The van der Waals surface area contributed by atoms with Crippen LogP contribution in [0.1, 0.15) is 5.56 Å². The summed E-state index contributed by atoms with van der Waals surface area (Å²) in [4.78, 5) is 0. The monoisotopic (exact) mass is 312 g/mol. The molecule has 0 radical (unpaired) electrons. The number of rotatable bonds is 3. The highest BCUT2D eigenvalue weighted by atomic mass is 79.9. The first-order chi connectivity index (χ1) is 7.85. The quantitative estimate of drug-likeness (QED) is 0.390. The van der Waals surface area contributed by atoms with Gasteiger partial charge in [0.1, 0.15) is 5.75 Å². The largest absolute Gasteiger partial charge is 0.483 e. The second kappa shape index (κ2) is 5.26. The normalized spacial score (nSPS) is 12.6. The average molecular weight is 313 g/mol. The van der Waals surface area contributed by atoms with Crippen LogP contribution in [0.4, 0.5) is 13.2 Å². The maximum atomic E-state index is 12.0. The van der Waals surface area contributed by atoms with Gasteiger partial charge in [0, 0.05) is 4.47 Å². The first kappa shape index (κ1) is 13.6. The van der Waals surface area contributed by atoms with Gasteiger partial charge in [0.2, 0.25) is 0 Å². The van der Waals surface area contributed by atoms with Crippen molar-refractivity contribution in [3.8, 4) is 5.75 Å². The molecule has 0 aliphatic rings. The molecule has 1 rings (SSSR count). The molecule has 94 valence electrons. The summed E-state index contributed by atoms with van der Waals surface area (Å²) in [7, 11) is 0. The number of hydrogen-bond acceptors (Lipinski definition) is 3. The predicted octanol–water partition coefficient (Wildman–Crippen LogP) is 2.48. The second-order valence-electron chi connectivity index (χ2n) is 3.00. The average Bonchev–Trinajstić information content (AvgIpc) is 2.24. The van der Waals surface area contributed by atoms with Gasteiger partial charge >= 0.3 is 6.18 Å². The summed E-state index contributed by atoms with van der Waals surface area (Å²) < 4.78 is 41.0. The van der Waals surface area contributed by atoms with Crippen molar-refractivity contribution in [2.75, 3.05) is 6.61 Å². The van der Waals surface area contributed by atoms with Gasteiger partial charge in [-0.3, -0.25) is 0 Å². The lowest BCUT2D eigenvalue weighted by molar-refractivity contribution is -0.153. The van der Waals surface area contributed by atoms with Gasteiger partial charge in [-0.1, -0.05) is 11.2 Å². The van der Waals surface area contributed by atoms with Crippen molar-refractivity contribution >= 4 is 21.8 Å². The molecule has 0 saturated carbocycles. The fourth-order valence-corrected chi connectivity index (χ4v) is 1.63. The van der Waals surface area contributed by atoms with Crippen molar-refractivity contribution in [3.63, 3.8) is 0 Å². The molecule has 0 bridgehead atoms. The summed E-state index contributed by atoms with van der Waals surface area (Å²) in [5.74, 6) is -0.457. The van der Waals surface area contributed by atoms with E-state index in [1.165, 1.54) is 18.2 Å². The Morgan fingerprint density at radius 1 is 1.47 bits per heavy atom. The minimum atomic E-state index is -4.45. The molecule has 0 aliphatic heterocycles. The van der Waals surface area contributed by atoms with Crippen LogP contribution in [0.3, 0.4) is 0 Å². The Labute approximate surface area is 103 Å². The number of hydrogen-bond donors (Lipinski definition) is 2. The minimum absolute atomic E-state index is 0.0687. The molecule has 0 fully saturated rings. The van der Waals surface area contributed by atoms with Gasteiger partial charge in [-0.15, -0.1) is 0 Å². The van der Waals surface area contributed by atoms with Crippen LogP contribution in [-0.2, 0) is 0 Å². The molecule has 1 aromatic carbocycles. The summed E-state index contributed by atoms with van der Waals surface area (Å²) in [5, 5.41) is 11.3. The van der Waals surface area contributed by atoms with Crippen LogP contribution in [0.25, 0.3) is 0 Å². The van der Waals surface area contributed by atoms with E-state index in [0.717, 1.165) is 0 Å². The second-order valence-corrected chi connectivity index (χ2v) is 3.86. The van der Waals surface area contributed by atoms with Crippen LogP contribution in [0, 0.1) is 0 Å². The van der Waals surface area contributed by atoms with E-state index in [1.54, 1.807) is 0 Å². The number of nitrogens with zero attached hydrogens (tertiary/aromatic N) is 1. The van der Waals surface area contributed by atoms with Gasteiger partial charge in [-0.2, -0.15) is 13.2 Å². The Kier molecular flexibility index (Phi) is 4.22. The summed E-state index contributed by atoms with van der Waals surface area (Å²) >= 11 is 3.08. The van der Waals surface area contributed by atoms with Crippen LogP contribution in [0.2, 0.25) is 0 Å². The Morgan fingerprint density at radius 2 is 2.12 bits per heavy atom. The minimum Gasteiger partial charge on any atom is -0.483 e. The molecule has 0 unspecified atom stereocenters. The molecule has 17 heavy (non-hydrogen) atoms. The van der Waals surface area contributed by atoms with Crippen molar-refractivity contribution in [2.45, 2.75) is 6.18 Å². The molecule has 0 aromatic heterocycles. The van der Waals surface area contributed by atoms with Gasteiger partial charge in [0.05, 0.1) is 5.56 Å². The smallest absolute Gasteiger partial charge is 0.422 e. The molecule has 3 N–H and O–H groups in total. The van der Waals surface area contributed by atoms with Gasteiger partial charge in [0.15, 0.2) is 12.4 Å². The fourth-order valence-electron chi connectivity index (χ4n) is 1.08. The summed E-state index contributed by atoms with van der Waals surface area (Å²) in [6.45, 7) is -1.45. The highest BCUT2D eigenvalue weighted by Gasteiger charge is 2.29. The van der Waals surface area contributed by atoms with Crippen molar-refractivity contribution in [2.24, 2.45) is 10.9 Å². The molecule has 1 aromatic rings. The number of ether oxygens (including phenoxy) is 1. The lowest BCUT2D eigenvalue weighted by atomic mass is 10.2. The highest BCUT2D eigenvalue weighted by molar-refractivity contribution is 9.10. The summed E-state index contributed by atoms with van der Waals surface area (Å²) in [6.07, 6.45) is -4.45. The molecular weight excluding hydrogens is 305 g/mol. The highest BCUT2D eigenvalue weighted by Crippen LogP contribution is 2.28. The third kappa shape index (κ3) is 3.81. The number of oxime groups is 1. The zero-order valence-corrected chi connectivity index (χ0v) is 9.92. The molecule has 0 spiro atoms. The van der Waals surface area contributed by atoms with Gasteiger partial charge in [-0.25, -0.2) is 0 Å². The van der Waals surface area contributed by atoms with Crippen LogP contribution in [0.15, 0.2) is 27.8 Å². The van der Waals surface area contributed by atoms with Gasteiger partial charge in [-0.05, 0) is 28.1 Å².